The van der Waals surface area contributed by atoms with Crippen molar-refractivity contribution in [3.8, 4) is 0 Å². The summed E-state index contributed by atoms with van der Waals surface area (Å²) in [4.78, 5) is 1.64. The highest BCUT2D eigenvalue weighted by Gasteiger charge is 2.40. The zero-order valence-electron chi connectivity index (χ0n) is 9.69. The molecule has 0 bridgehead atoms. The Morgan fingerprint density at radius 3 is 2.44 bits per heavy atom. The first kappa shape index (κ1) is 13.6. The molecule has 100 valence electrons. The minimum atomic E-state index is -4.44. The molecule has 0 aromatic heterocycles. The summed E-state index contributed by atoms with van der Waals surface area (Å²) in [6.07, 6.45) is -4.44. The van der Waals surface area contributed by atoms with Crippen molar-refractivity contribution < 1.29 is 17.6 Å². The third-order valence-electron chi connectivity index (χ3n) is 2.88. The van der Waals surface area contributed by atoms with Gasteiger partial charge in [-0.2, -0.15) is 13.2 Å². The summed E-state index contributed by atoms with van der Waals surface area (Å²) in [6.45, 7) is 1.85. The van der Waals surface area contributed by atoms with Crippen LogP contribution in [0.1, 0.15) is 18.1 Å². The molecule has 1 aliphatic heterocycles. The molecule has 1 fully saturated rings. The van der Waals surface area contributed by atoms with Crippen LogP contribution in [0.5, 0.6) is 0 Å². The highest BCUT2D eigenvalue weighted by Crippen LogP contribution is 2.35. The molecule has 18 heavy (non-hydrogen) atoms. The van der Waals surface area contributed by atoms with E-state index in [0.717, 1.165) is 6.07 Å². The highest BCUT2D eigenvalue weighted by molar-refractivity contribution is 6.30. The molecule has 0 N–H and O–H groups in total. The van der Waals surface area contributed by atoms with Gasteiger partial charge in [0.2, 0.25) is 0 Å². The maximum atomic E-state index is 13.3. The number of halogens is 5. The van der Waals surface area contributed by atoms with Crippen LogP contribution in [0.25, 0.3) is 0 Å². The van der Waals surface area contributed by atoms with Crippen LogP contribution < -0.4 is 0 Å². The topological polar surface area (TPSA) is 3.24 Å². The second-order valence-corrected chi connectivity index (χ2v) is 5.29. The van der Waals surface area contributed by atoms with E-state index in [9.17, 15) is 17.6 Å². The summed E-state index contributed by atoms with van der Waals surface area (Å²) in [6, 6.07) is 3.67. The first-order valence-corrected chi connectivity index (χ1v) is 5.82. The van der Waals surface area contributed by atoms with Crippen molar-refractivity contribution in [3.05, 3.63) is 34.3 Å². The van der Waals surface area contributed by atoms with Crippen LogP contribution >= 0.6 is 11.6 Å². The van der Waals surface area contributed by atoms with Gasteiger partial charge in [-0.3, -0.25) is 4.90 Å². The number of rotatable bonds is 2. The second kappa shape index (κ2) is 4.38. The maximum Gasteiger partial charge on any atom is 0.416 e. The summed E-state index contributed by atoms with van der Waals surface area (Å²) >= 11 is 5.58. The largest absolute Gasteiger partial charge is 0.416 e. The van der Waals surface area contributed by atoms with Crippen LogP contribution in [0.2, 0.25) is 5.02 Å². The van der Waals surface area contributed by atoms with Gasteiger partial charge in [0.15, 0.2) is 0 Å². The standard InChI is InChI=1S/C12H12ClF4N/c1-11(14)6-18(7-11)5-8-2-3-9(13)4-10(8)12(15,16)17/h2-4H,5-7H2,1H3. The van der Waals surface area contributed by atoms with Crippen molar-refractivity contribution in [1.82, 2.24) is 4.90 Å². The molecule has 0 atom stereocenters. The van der Waals surface area contributed by atoms with Crippen LogP contribution in [-0.4, -0.2) is 23.7 Å². The number of benzene rings is 1. The predicted octanol–water partition coefficient (Wildman–Crippen LogP) is 3.90. The van der Waals surface area contributed by atoms with Gasteiger partial charge in [-0.25, -0.2) is 4.39 Å². The van der Waals surface area contributed by atoms with Gasteiger partial charge < -0.3 is 0 Å². The van der Waals surface area contributed by atoms with E-state index in [0.29, 0.717) is 0 Å². The molecule has 0 spiro atoms. The fourth-order valence-corrected chi connectivity index (χ4v) is 2.36. The third-order valence-corrected chi connectivity index (χ3v) is 3.11. The number of nitrogens with zero attached hydrogens (tertiary/aromatic N) is 1. The van der Waals surface area contributed by atoms with E-state index < -0.39 is 17.4 Å². The molecule has 1 aliphatic rings. The van der Waals surface area contributed by atoms with E-state index in [1.54, 1.807) is 4.90 Å². The van der Waals surface area contributed by atoms with E-state index in [4.69, 9.17) is 11.6 Å². The van der Waals surface area contributed by atoms with E-state index in [1.807, 2.05) is 0 Å². The molecule has 1 aromatic carbocycles. The lowest BCUT2D eigenvalue weighted by atomic mass is 9.97. The summed E-state index contributed by atoms with van der Waals surface area (Å²) < 4.78 is 51.7. The van der Waals surface area contributed by atoms with Crippen LogP contribution in [0.4, 0.5) is 17.6 Å². The summed E-state index contributed by atoms with van der Waals surface area (Å²) in [5.74, 6) is 0. The number of hydrogen-bond donors (Lipinski definition) is 0. The molecular weight excluding hydrogens is 270 g/mol. The van der Waals surface area contributed by atoms with E-state index >= 15 is 0 Å². The average Bonchev–Trinajstić information content (AvgIpc) is 2.16. The molecule has 0 saturated carbocycles. The predicted molar refractivity (Wildman–Crippen MR) is 61.2 cm³/mol. The Kier molecular flexibility index (Phi) is 3.32. The molecule has 0 unspecified atom stereocenters. The molecule has 0 amide bonds. The monoisotopic (exact) mass is 281 g/mol. The van der Waals surface area contributed by atoms with Gasteiger partial charge in [0.1, 0.15) is 5.67 Å². The first-order valence-electron chi connectivity index (χ1n) is 5.44. The fourth-order valence-electron chi connectivity index (χ4n) is 2.19. The lowest BCUT2D eigenvalue weighted by Crippen LogP contribution is -2.56. The minimum absolute atomic E-state index is 0.0463. The molecular formula is C12H12ClF4N. The van der Waals surface area contributed by atoms with Crippen LogP contribution in [0.15, 0.2) is 18.2 Å². The molecule has 1 saturated heterocycles. The first-order chi connectivity index (χ1) is 8.17. The van der Waals surface area contributed by atoms with Gasteiger partial charge in [0.25, 0.3) is 0 Å². The maximum absolute atomic E-state index is 13.3. The van der Waals surface area contributed by atoms with Crippen molar-refractivity contribution in [3.63, 3.8) is 0 Å². The fraction of sp³-hybridized carbons (Fsp3) is 0.500. The van der Waals surface area contributed by atoms with Crippen molar-refractivity contribution >= 4 is 11.6 Å². The Morgan fingerprint density at radius 1 is 1.33 bits per heavy atom. The summed E-state index contributed by atoms with van der Waals surface area (Å²) in [5.41, 5.74) is -1.91. The van der Waals surface area contributed by atoms with E-state index in [2.05, 4.69) is 0 Å². The van der Waals surface area contributed by atoms with Crippen molar-refractivity contribution in [2.24, 2.45) is 0 Å². The Hall–Kier alpha value is -0.810. The molecule has 1 heterocycles. The van der Waals surface area contributed by atoms with Gasteiger partial charge in [0.05, 0.1) is 5.56 Å². The smallest absolute Gasteiger partial charge is 0.293 e. The zero-order chi connectivity index (χ0) is 13.6. The van der Waals surface area contributed by atoms with Gasteiger partial charge >= 0.3 is 6.18 Å². The molecule has 1 aromatic rings. The van der Waals surface area contributed by atoms with Crippen LogP contribution in [0.3, 0.4) is 0 Å². The molecule has 0 radical (unpaired) electrons. The zero-order valence-corrected chi connectivity index (χ0v) is 10.4. The highest BCUT2D eigenvalue weighted by atomic mass is 35.5. The number of likely N-dealkylation sites (tertiary alicyclic amines) is 1. The molecule has 0 aliphatic carbocycles. The van der Waals surface area contributed by atoms with Gasteiger partial charge in [-0.05, 0) is 24.6 Å². The summed E-state index contributed by atoms with van der Waals surface area (Å²) in [5, 5.41) is 0.0463. The second-order valence-electron chi connectivity index (χ2n) is 4.86. The van der Waals surface area contributed by atoms with Crippen LogP contribution in [0, 0.1) is 0 Å². The van der Waals surface area contributed by atoms with Crippen LogP contribution in [-0.2, 0) is 12.7 Å². The Labute approximate surface area is 107 Å². The molecule has 1 nitrogen and oxygen atoms in total. The lowest BCUT2D eigenvalue weighted by molar-refractivity contribution is -0.138. The lowest BCUT2D eigenvalue weighted by Gasteiger charge is -2.42. The Morgan fingerprint density at radius 2 is 1.94 bits per heavy atom. The van der Waals surface area contributed by atoms with Gasteiger partial charge in [-0.1, -0.05) is 17.7 Å². The van der Waals surface area contributed by atoms with E-state index in [-0.39, 0.29) is 30.2 Å². The Balaban J connectivity index is 2.18. The normalized spacial score (nSPS) is 19.7. The summed E-state index contributed by atoms with van der Waals surface area (Å²) in [7, 11) is 0. The SMILES string of the molecule is CC1(F)CN(Cc2ccc(Cl)cc2C(F)(F)F)C1. The third kappa shape index (κ3) is 2.95. The average molecular weight is 282 g/mol. The quantitative estimate of drug-likeness (QED) is 0.743. The minimum Gasteiger partial charge on any atom is -0.293 e. The van der Waals surface area contributed by atoms with Crippen molar-refractivity contribution in [2.75, 3.05) is 13.1 Å². The van der Waals surface area contributed by atoms with Crippen molar-refractivity contribution in [1.29, 1.82) is 0 Å². The van der Waals surface area contributed by atoms with E-state index in [1.165, 1.54) is 19.1 Å². The molecule has 2 rings (SSSR count). The number of alkyl halides is 4. The van der Waals surface area contributed by atoms with Gasteiger partial charge in [-0.15, -0.1) is 0 Å². The number of hydrogen-bond acceptors (Lipinski definition) is 1. The van der Waals surface area contributed by atoms with Gasteiger partial charge in [0, 0.05) is 24.7 Å². The molecule has 6 heteroatoms. The Bertz CT molecular complexity index is 448. The van der Waals surface area contributed by atoms with Crippen molar-refractivity contribution in [2.45, 2.75) is 25.3 Å².